The van der Waals surface area contributed by atoms with Crippen LogP contribution in [0, 0.1) is 18.8 Å². The molecule has 2 heterocycles. The van der Waals surface area contributed by atoms with Gasteiger partial charge in [0, 0.05) is 43.0 Å². The third-order valence-corrected chi connectivity index (χ3v) is 4.31. The standard InChI is InChI=1S/C22H30N4O2/c1-14(2)10-21(27)25-18-7-9-24-19(16(18)5)12-17-6-8-23-13-20(17)26-22(28)11-15(3)4/h6-9,13-15H,10-12H2,1-5H3,(H,26,28)(H,24,25,27). The minimum Gasteiger partial charge on any atom is -0.326 e. The molecule has 28 heavy (non-hydrogen) atoms. The lowest BCUT2D eigenvalue weighted by molar-refractivity contribution is -0.117. The van der Waals surface area contributed by atoms with Crippen LogP contribution in [0.25, 0.3) is 0 Å². The van der Waals surface area contributed by atoms with Gasteiger partial charge >= 0.3 is 0 Å². The van der Waals surface area contributed by atoms with Gasteiger partial charge in [0.15, 0.2) is 0 Å². The van der Waals surface area contributed by atoms with Crippen LogP contribution in [0.2, 0.25) is 0 Å². The Morgan fingerprint density at radius 3 is 2.14 bits per heavy atom. The Kier molecular flexibility index (Phi) is 7.67. The summed E-state index contributed by atoms with van der Waals surface area (Å²) in [7, 11) is 0. The van der Waals surface area contributed by atoms with Gasteiger partial charge in [0.1, 0.15) is 0 Å². The van der Waals surface area contributed by atoms with Crippen LogP contribution >= 0.6 is 0 Å². The van der Waals surface area contributed by atoms with Crippen LogP contribution in [0.15, 0.2) is 30.7 Å². The van der Waals surface area contributed by atoms with E-state index < -0.39 is 0 Å². The topological polar surface area (TPSA) is 84.0 Å². The predicted octanol–water partition coefficient (Wildman–Crippen LogP) is 4.35. The number of anilines is 2. The van der Waals surface area contributed by atoms with E-state index in [1.165, 1.54) is 0 Å². The van der Waals surface area contributed by atoms with Crippen LogP contribution in [-0.2, 0) is 16.0 Å². The number of hydrogen-bond donors (Lipinski definition) is 2. The molecule has 150 valence electrons. The van der Waals surface area contributed by atoms with Crippen molar-refractivity contribution < 1.29 is 9.59 Å². The summed E-state index contributed by atoms with van der Waals surface area (Å²) in [5.41, 5.74) is 4.19. The number of rotatable bonds is 8. The summed E-state index contributed by atoms with van der Waals surface area (Å²) >= 11 is 0. The lowest BCUT2D eigenvalue weighted by atomic mass is 10.0. The van der Waals surface area contributed by atoms with Crippen molar-refractivity contribution in [2.75, 3.05) is 10.6 Å². The molecule has 0 aliphatic heterocycles. The molecule has 0 radical (unpaired) electrons. The molecule has 0 unspecified atom stereocenters. The van der Waals surface area contributed by atoms with Gasteiger partial charge < -0.3 is 10.6 Å². The molecule has 2 aromatic heterocycles. The van der Waals surface area contributed by atoms with Gasteiger partial charge in [-0.05, 0) is 42.0 Å². The number of aromatic nitrogens is 2. The average molecular weight is 383 g/mol. The van der Waals surface area contributed by atoms with Crippen LogP contribution in [-0.4, -0.2) is 21.8 Å². The third kappa shape index (κ3) is 6.44. The number of hydrogen-bond acceptors (Lipinski definition) is 4. The van der Waals surface area contributed by atoms with E-state index in [4.69, 9.17) is 0 Å². The van der Waals surface area contributed by atoms with Gasteiger partial charge in [0.05, 0.1) is 11.9 Å². The summed E-state index contributed by atoms with van der Waals surface area (Å²) < 4.78 is 0. The van der Waals surface area contributed by atoms with Gasteiger partial charge in [0.2, 0.25) is 11.8 Å². The SMILES string of the molecule is Cc1c(NC(=O)CC(C)C)ccnc1Cc1ccncc1NC(=O)CC(C)C. The molecule has 2 N–H and O–H groups in total. The van der Waals surface area contributed by atoms with Gasteiger partial charge in [-0.25, -0.2) is 0 Å². The molecule has 0 saturated carbocycles. The highest BCUT2D eigenvalue weighted by Crippen LogP contribution is 2.23. The molecule has 0 aliphatic carbocycles. The van der Waals surface area contributed by atoms with Gasteiger partial charge in [-0.3, -0.25) is 19.6 Å². The molecule has 0 spiro atoms. The Morgan fingerprint density at radius 2 is 1.54 bits per heavy atom. The normalized spacial score (nSPS) is 11.0. The Morgan fingerprint density at radius 1 is 0.929 bits per heavy atom. The molecule has 2 aromatic rings. The van der Waals surface area contributed by atoms with Crippen molar-refractivity contribution >= 4 is 23.2 Å². The molecule has 2 amide bonds. The largest absolute Gasteiger partial charge is 0.326 e. The molecule has 0 aliphatic rings. The maximum Gasteiger partial charge on any atom is 0.224 e. The summed E-state index contributed by atoms with van der Waals surface area (Å²) in [6.45, 7) is 10.0. The first-order chi connectivity index (χ1) is 13.3. The first-order valence-corrected chi connectivity index (χ1v) is 9.73. The van der Waals surface area contributed by atoms with E-state index in [0.29, 0.717) is 30.9 Å². The molecule has 0 fully saturated rings. The van der Waals surface area contributed by atoms with Crippen LogP contribution in [0.4, 0.5) is 11.4 Å². The van der Waals surface area contributed by atoms with E-state index in [0.717, 1.165) is 22.5 Å². The Balaban J connectivity index is 2.19. The van der Waals surface area contributed by atoms with Crippen LogP contribution < -0.4 is 10.6 Å². The maximum atomic E-state index is 12.2. The Hall–Kier alpha value is -2.76. The summed E-state index contributed by atoms with van der Waals surface area (Å²) in [6.07, 6.45) is 6.55. The summed E-state index contributed by atoms with van der Waals surface area (Å²) in [4.78, 5) is 32.9. The minimum atomic E-state index is -0.0244. The van der Waals surface area contributed by atoms with Gasteiger partial charge in [-0.1, -0.05) is 27.7 Å². The van der Waals surface area contributed by atoms with E-state index in [-0.39, 0.29) is 17.7 Å². The van der Waals surface area contributed by atoms with Crippen LogP contribution in [0.1, 0.15) is 57.4 Å². The number of amides is 2. The fraction of sp³-hybridized carbons (Fsp3) is 0.455. The smallest absolute Gasteiger partial charge is 0.224 e. The molecule has 0 atom stereocenters. The molecular formula is C22H30N4O2. The Bertz CT molecular complexity index is 831. The first kappa shape index (κ1) is 21.5. The Labute approximate surface area is 167 Å². The average Bonchev–Trinajstić information content (AvgIpc) is 2.58. The third-order valence-electron chi connectivity index (χ3n) is 4.31. The second-order valence-corrected chi connectivity index (χ2v) is 7.93. The molecule has 0 saturated heterocycles. The minimum absolute atomic E-state index is 0.000740. The second-order valence-electron chi connectivity index (χ2n) is 7.93. The molecule has 6 nitrogen and oxygen atoms in total. The molecule has 2 rings (SSSR count). The highest BCUT2D eigenvalue weighted by atomic mass is 16.2. The number of carbonyl (C=O) groups is 2. The van der Waals surface area contributed by atoms with E-state index in [9.17, 15) is 9.59 Å². The van der Waals surface area contributed by atoms with Crippen molar-refractivity contribution in [3.05, 3.63) is 47.5 Å². The zero-order chi connectivity index (χ0) is 20.7. The first-order valence-electron chi connectivity index (χ1n) is 9.73. The molecular weight excluding hydrogens is 352 g/mol. The van der Waals surface area contributed by atoms with Crippen molar-refractivity contribution in [1.29, 1.82) is 0 Å². The van der Waals surface area contributed by atoms with Crippen LogP contribution in [0.3, 0.4) is 0 Å². The monoisotopic (exact) mass is 382 g/mol. The summed E-state index contributed by atoms with van der Waals surface area (Å²) in [6, 6.07) is 3.70. The lowest BCUT2D eigenvalue weighted by Crippen LogP contribution is -2.16. The van der Waals surface area contributed by atoms with E-state index in [2.05, 4.69) is 20.6 Å². The summed E-state index contributed by atoms with van der Waals surface area (Å²) in [5, 5.41) is 5.93. The molecule has 0 bridgehead atoms. The lowest BCUT2D eigenvalue weighted by Gasteiger charge is -2.15. The fourth-order valence-corrected chi connectivity index (χ4v) is 2.91. The van der Waals surface area contributed by atoms with Crippen molar-refractivity contribution in [3.63, 3.8) is 0 Å². The quantitative estimate of drug-likeness (QED) is 0.711. The highest BCUT2D eigenvalue weighted by molar-refractivity contribution is 5.92. The van der Waals surface area contributed by atoms with Gasteiger partial charge in [-0.15, -0.1) is 0 Å². The number of nitrogens with one attached hydrogen (secondary N) is 2. The van der Waals surface area contributed by atoms with Gasteiger partial charge in [-0.2, -0.15) is 0 Å². The van der Waals surface area contributed by atoms with E-state index >= 15 is 0 Å². The van der Waals surface area contributed by atoms with E-state index in [1.807, 2.05) is 46.8 Å². The van der Waals surface area contributed by atoms with E-state index in [1.54, 1.807) is 18.6 Å². The van der Waals surface area contributed by atoms with Crippen molar-refractivity contribution in [2.45, 2.75) is 53.9 Å². The van der Waals surface area contributed by atoms with Crippen molar-refractivity contribution in [2.24, 2.45) is 11.8 Å². The zero-order valence-corrected chi connectivity index (χ0v) is 17.4. The second kappa shape index (κ2) is 9.97. The van der Waals surface area contributed by atoms with Crippen molar-refractivity contribution in [3.8, 4) is 0 Å². The molecule has 6 heteroatoms. The predicted molar refractivity (Wildman–Crippen MR) is 112 cm³/mol. The van der Waals surface area contributed by atoms with Gasteiger partial charge in [0.25, 0.3) is 0 Å². The summed E-state index contributed by atoms with van der Waals surface area (Å²) in [5.74, 6) is 0.565. The van der Waals surface area contributed by atoms with Crippen LogP contribution in [0.5, 0.6) is 0 Å². The fourth-order valence-electron chi connectivity index (χ4n) is 2.91. The van der Waals surface area contributed by atoms with Crippen molar-refractivity contribution in [1.82, 2.24) is 9.97 Å². The zero-order valence-electron chi connectivity index (χ0n) is 17.4. The molecule has 0 aromatic carbocycles. The number of carbonyl (C=O) groups excluding carboxylic acids is 2. The highest BCUT2D eigenvalue weighted by Gasteiger charge is 2.13. The number of nitrogens with zero attached hydrogens (tertiary/aromatic N) is 2. The number of pyridine rings is 2. The maximum absolute atomic E-state index is 12.2.